The maximum Gasteiger partial charge on any atom is 0.247 e. The number of nitrogens with one attached hydrogen (secondary N) is 1. The Morgan fingerprint density at radius 1 is 1.03 bits per heavy atom. The zero-order chi connectivity index (χ0) is 25.6. The van der Waals surface area contributed by atoms with E-state index in [-0.39, 0.29) is 31.4 Å². The van der Waals surface area contributed by atoms with Crippen molar-refractivity contribution >= 4 is 22.8 Å². The van der Waals surface area contributed by atoms with Crippen LogP contribution in [-0.4, -0.2) is 36.7 Å². The first-order chi connectivity index (χ1) is 18.1. The molecule has 0 aliphatic carbocycles. The van der Waals surface area contributed by atoms with Gasteiger partial charge in [-0.1, -0.05) is 47.7 Å². The van der Waals surface area contributed by atoms with Crippen LogP contribution < -0.4 is 5.32 Å². The highest BCUT2D eigenvalue weighted by molar-refractivity contribution is 5.89. The highest BCUT2D eigenvalue weighted by Gasteiger charge is 2.33. The molecule has 0 saturated carbocycles. The number of carbonyl (C=O) groups is 2. The van der Waals surface area contributed by atoms with Gasteiger partial charge in [0.25, 0.3) is 0 Å². The van der Waals surface area contributed by atoms with Gasteiger partial charge in [0.2, 0.25) is 11.8 Å². The Morgan fingerprint density at radius 2 is 1.86 bits per heavy atom. The van der Waals surface area contributed by atoms with Gasteiger partial charge in [-0.2, -0.15) is 0 Å². The number of hydrogen-bond acceptors (Lipinski definition) is 6. The minimum absolute atomic E-state index is 0.0748. The van der Waals surface area contributed by atoms with Crippen molar-refractivity contribution in [3.8, 4) is 0 Å². The maximum atomic E-state index is 13.9. The number of fused-ring (bicyclic) bond motifs is 1. The summed E-state index contributed by atoms with van der Waals surface area (Å²) in [7, 11) is 0. The summed E-state index contributed by atoms with van der Waals surface area (Å²) in [4.78, 5) is 33.5. The number of benzene rings is 2. The highest BCUT2D eigenvalue weighted by atomic mass is 16.3. The molecule has 9 nitrogen and oxygen atoms in total. The molecule has 186 valence electrons. The van der Waals surface area contributed by atoms with E-state index in [0.29, 0.717) is 11.3 Å². The van der Waals surface area contributed by atoms with E-state index in [1.165, 1.54) is 0 Å². The lowest BCUT2D eigenvalue weighted by atomic mass is 9.98. The summed E-state index contributed by atoms with van der Waals surface area (Å²) >= 11 is 0. The highest BCUT2D eigenvalue weighted by Crippen LogP contribution is 2.27. The van der Waals surface area contributed by atoms with Crippen LogP contribution >= 0.6 is 0 Å². The van der Waals surface area contributed by atoms with Gasteiger partial charge in [-0.25, -0.2) is 4.68 Å². The molecular weight excluding hydrogens is 468 g/mol. The van der Waals surface area contributed by atoms with E-state index >= 15 is 0 Å². The van der Waals surface area contributed by atoms with E-state index in [1.54, 1.807) is 40.4 Å². The largest absolute Gasteiger partial charge is 0.467 e. The summed E-state index contributed by atoms with van der Waals surface area (Å²) in [6.45, 7) is 2.25. The number of para-hydroxylation sites is 1. The van der Waals surface area contributed by atoms with Crippen molar-refractivity contribution in [2.75, 3.05) is 0 Å². The average molecular weight is 495 g/mol. The summed E-state index contributed by atoms with van der Waals surface area (Å²) < 4.78 is 6.94. The second-order valence-electron chi connectivity index (χ2n) is 8.68. The van der Waals surface area contributed by atoms with Crippen LogP contribution in [0.3, 0.4) is 0 Å². The molecule has 5 rings (SSSR count). The molecule has 2 amide bonds. The van der Waals surface area contributed by atoms with Gasteiger partial charge < -0.3 is 14.6 Å². The summed E-state index contributed by atoms with van der Waals surface area (Å²) in [5.74, 6) is 0.0309. The molecule has 0 spiro atoms. The van der Waals surface area contributed by atoms with Crippen LogP contribution in [0.25, 0.3) is 11.0 Å². The van der Waals surface area contributed by atoms with E-state index in [4.69, 9.17) is 4.42 Å². The van der Waals surface area contributed by atoms with Gasteiger partial charge in [-0.05, 0) is 53.9 Å². The first-order valence-electron chi connectivity index (χ1n) is 11.9. The molecule has 37 heavy (non-hydrogen) atoms. The fraction of sp³-hybridized carbons (Fsp3) is 0.179. The van der Waals surface area contributed by atoms with Crippen molar-refractivity contribution in [2.45, 2.75) is 32.6 Å². The molecule has 5 aromatic rings. The molecule has 0 bridgehead atoms. The number of rotatable bonds is 9. The third-order valence-corrected chi connectivity index (χ3v) is 6.16. The molecule has 1 N–H and O–H groups in total. The van der Waals surface area contributed by atoms with Crippen molar-refractivity contribution in [1.29, 1.82) is 0 Å². The second-order valence-corrected chi connectivity index (χ2v) is 8.68. The van der Waals surface area contributed by atoms with E-state index in [1.807, 2.05) is 67.6 Å². The monoisotopic (exact) mass is 494 g/mol. The molecule has 3 heterocycles. The first-order valence-corrected chi connectivity index (χ1v) is 11.9. The number of furan rings is 1. The van der Waals surface area contributed by atoms with Crippen molar-refractivity contribution in [2.24, 2.45) is 0 Å². The Hall–Kier alpha value is -4.79. The number of aromatic nitrogens is 4. The van der Waals surface area contributed by atoms with Gasteiger partial charge in [0.15, 0.2) is 0 Å². The molecule has 0 unspecified atom stereocenters. The molecule has 0 saturated heterocycles. The van der Waals surface area contributed by atoms with Crippen LogP contribution in [0.4, 0.5) is 0 Å². The average Bonchev–Trinajstić information content (AvgIpc) is 3.59. The zero-order valence-electron chi connectivity index (χ0n) is 20.3. The van der Waals surface area contributed by atoms with Gasteiger partial charge in [0, 0.05) is 18.9 Å². The Kier molecular flexibility index (Phi) is 7.02. The number of hydrogen-bond donors (Lipinski definition) is 1. The fourth-order valence-electron chi connectivity index (χ4n) is 4.29. The van der Waals surface area contributed by atoms with E-state index < -0.39 is 6.04 Å². The standard InChI is InChI=1S/C28H26N6O3/c1-20-8-2-3-11-23(20)27(28(36)30-17-22-10-7-15-37-22)33(18-21-9-6-14-29-16-21)26(35)19-34-25-13-5-4-12-24(25)31-32-34/h2-16,27H,17-19H2,1H3,(H,30,36)/t27-/m0/s1. The number of nitrogens with zero attached hydrogens (tertiary/aromatic N) is 5. The maximum absolute atomic E-state index is 13.9. The van der Waals surface area contributed by atoms with E-state index in [0.717, 1.165) is 22.2 Å². The molecule has 0 fully saturated rings. The van der Waals surface area contributed by atoms with Gasteiger partial charge in [-0.15, -0.1) is 5.10 Å². The Balaban J connectivity index is 1.52. The van der Waals surface area contributed by atoms with E-state index in [2.05, 4.69) is 20.6 Å². The Bertz CT molecular complexity index is 1500. The Morgan fingerprint density at radius 3 is 2.65 bits per heavy atom. The van der Waals surface area contributed by atoms with Crippen LogP contribution in [-0.2, 0) is 29.2 Å². The predicted molar refractivity (Wildman–Crippen MR) is 137 cm³/mol. The molecule has 9 heteroatoms. The minimum atomic E-state index is -0.890. The van der Waals surface area contributed by atoms with Crippen molar-refractivity contribution < 1.29 is 14.0 Å². The lowest BCUT2D eigenvalue weighted by Crippen LogP contribution is -2.44. The van der Waals surface area contributed by atoms with Crippen LogP contribution in [0.15, 0.2) is 95.9 Å². The normalized spacial score (nSPS) is 11.8. The molecule has 2 aromatic carbocycles. The zero-order valence-corrected chi connectivity index (χ0v) is 20.3. The summed E-state index contributed by atoms with van der Waals surface area (Å²) in [5, 5.41) is 11.3. The lowest BCUT2D eigenvalue weighted by Gasteiger charge is -2.32. The van der Waals surface area contributed by atoms with Gasteiger partial charge >= 0.3 is 0 Å². The quantitative estimate of drug-likeness (QED) is 0.334. The summed E-state index contributed by atoms with van der Waals surface area (Å²) in [6, 6.07) is 21.4. The molecule has 0 aliphatic rings. The van der Waals surface area contributed by atoms with Crippen LogP contribution in [0, 0.1) is 6.92 Å². The van der Waals surface area contributed by atoms with E-state index in [9.17, 15) is 9.59 Å². The summed E-state index contributed by atoms with van der Waals surface area (Å²) in [5.41, 5.74) is 3.88. The molecule has 0 radical (unpaired) electrons. The molecule has 1 atom stereocenters. The lowest BCUT2D eigenvalue weighted by molar-refractivity contribution is -0.142. The van der Waals surface area contributed by atoms with Crippen LogP contribution in [0.2, 0.25) is 0 Å². The van der Waals surface area contributed by atoms with Gasteiger partial charge in [0.1, 0.15) is 23.9 Å². The van der Waals surface area contributed by atoms with Crippen molar-refractivity contribution in [3.05, 3.63) is 114 Å². The van der Waals surface area contributed by atoms with Gasteiger partial charge in [-0.3, -0.25) is 14.6 Å². The third kappa shape index (κ3) is 5.40. The molecular formula is C28H26N6O3. The minimum Gasteiger partial charge on any atom is -0.467 e. The topological polar surface area (TPSA) is 106 Å². The summed E-state index contributed by atoms with van der Waals surface area (Å²) in [6.07, 6.45) is 4.92. The van der Waals surface area contributed by atoms with Crippen LogP contribution in [0.1, 0.15) is 28.5 Å². The Labute approximate surface area is 213 Å². The smallest absolute Gasteiger partial charge is 0.247 e. The number of carbonyl (C=O) groups excluding carboxylic acids is 2. The predicted octanol–water partition coefficient (Wildman–Crippen LogP) is 3.81. The first kappa shape index (κ1) is 23.9. The number of amides is 2. The third-order valence-electron chi connectivity index (χ3n) is 6.16. The fourth-order valence-corrected chi connectivity index (χ4v) is 4.29. The number of pyridine rings is 1. The molecule has 3 aromatic heterocycles. The van der Waals surface area contributed by atoms with Gasteiger partial charge in [0.05, 0.1) is 18.3 Å². The SMILES string of the molecule is Cc1ccccc1[C@@H](C(=O)NCc1ccco1)N(Cc1cccnc1)C(=O)Cn1nnc2ccccc21. The number of aryl methyl sites for hydroxylation is 1. The molecule has 0 aliphatic heterocycles. The van der Waals surface area contributed by atoms with Crippen molar-refractivity contribution in [1.82, 2.24) is 30.2 Å². The van der Waals surface area contributed by atoms with Crippen LogP contribution in [0.5, 0.6) is 0 Å². The van der Waals surface area contributed by atoms with Crippen molar-refractivity contribution in [3.63, 3.8) is 0 Å². The second kappa shape index (κ2) is 10.9.